The minimum atomic E-state index is -0.328. The van der Waals surface area contributed by atoms with E-state index < -0.39 is 0 Å². The van der Waals surface area contributed by atoms with Crippen molar-refractivity contribution in [1.82, 2.24) is 9.80 Å². The Hall–Kier alpha value is -1.88. The summed E-state index contributed by atoms with van der Waals surface area (Å²) in [5.41, 5.74) is 6.56. The highest BCUT2D eigenvalue weighted by Gasteiger charge is 2.29. The van der Waals surface area contributed by atoms with Gasteiger partial charge in [0.05, 0.1) is 18.6 Å². The van der Waals surface area contributed by atoms with Crippen LogP contribution in [0.2, 0.25) is 0 Å². The first-order valence-corrected chi connectivity index (χ1v) is 7.84. The number of hydrogen-bond donors (Lipinski definition) is 1. The van der Waals surface area contributed by atoms with Crippen LogP contribution in [0.15, 0.2) is 30.3 Å². The molecule has 0 aliphatic carbocycles. The lowest BCUT2D eigenvalue weighted by atomic mass is 10.0. The van der Waals surface area contributed by atoms with Gasteiger partial charge in [0.1, 0.15) is 0 Å². The number of carbonyl (C=O) groups excluding carboxylic acids is 2. The van der Waals surface area contributed by atoms with E-state index in [4.69, 9.17) is 5.73 Å². The summed E-state index contributed by atoms with van der Waals surface area (Å²) in [6.45, 7) is 3.02. The van der Waals surface area contributed by atoms with E-state index in [1.807, 2.05) is 49.2 Å². The van der Waals surface area contributed by atoms with Crippen LogP contribution < -0.4 is 5.73 Å². The number of nitrogens with two attached hydrogens (primary N) is 1. The van der Waals surface area contributed by atoms with Crippen LogP contribution in [0.4, 0.5) is 0 Å². The van der Waals surface area contributed by atoms with Crippen LogP contribution in [0.1, 0.15) is 37.8 Å². The van der Waals surface area contributed by atoms with Crippen molar-refractivity contribution in [2.24, 2.45) is 5.73 Å². The van der Waals surface area contributed by atoms with Crippen molar-refractivity contribution >= 4 is 11.8 Å². The maximum Gasteiger partial charge on any atom is 0.237 e. The quantitative estimate of drug-likeness (QED) is 0.897. The van der Waals surface area contributed by atoms with Gasteiger partial charge in [-0.05, 0) is 31.9 Å². The average Bonchev–Trinajstić information content (AvgIpc) is 2.54. The fourth-order valence-corrected chi connectivity index (χ4v) is 2.96. The van der Waals surface area contributed by atoms with E-state index in [0.29, 0.717) is 0 Å². The molecule has 1 fully saturated rings. The van der Waals surface area contributed by atoms with E-state index in [2.05, 4.69) is 0 Å². The number of hydrogen-bond acceptors (Lipinski definition) is 3. The molecule has 0 radical (unpaired) electrons. The van der Waals surface area contributed by atoms with Gasteiger partial charge in [0.25, 0.3) is 0 Å². The van der Waals surface area contributed by atoms with Crippen molar-refractivity contribution in [3.63, 3.8) is 0 Å². The number of carbonyl (C=O) groups is 2. The minimum absolute atomic E-state index is 0.00511. The molecule has 0 unspecified atom stereocenters. The first-order valence-electron chi connectivity index (χ1n) is 7.84. The molecule has 1 heterocycles. The molecule has 2 rings (SSSR count). The van der Waals surface area contributed by atoms with Gasteiger partial charge in [0.2, 0.25) is 11.8 Å². The lowest BCUT2D eigenvalue weighted by molar-refractivity contribution is -0.135. The largest absolute Gasteiger partial charge is 0.368 e. The van der Waals surface area contributed by atoms with Gasteiger partial charge in [0, 0.05) is 7.05 Å². The molecule has 22 heavy (non-hydrogen) atoms. The number of rotatable bonds is 5. The molecule has 1 aromatic carbocycles. The summed E-state index contributed by atoms with van der Waals surface area (Å²) < 4.78 is 0. The van der Waals surface area contributed by atoms with Crippen LogP contribution in [0.3, 0.4) is 0 Å². The fraction of sp³-hybridized carbons (Fsp3) is 0.529. The second-order valence-corrected chi connectivity index (χ2v) is 5.98. The van der Waals surface area contributed by atoms with Crippen molar-refractivity contribution in [2.75, 3.05) is 20.1 Å². The zero-order chi connectivity index (χ0) is 16.1. The van der Waals surface area contributed by atoms with Crippen LogP contribution in [0.25, 0.3) is 0 Å². The van der Waals surface area contributed by atoms with E-state index in [9.17, 15) is 9.59 Å². The minimum Gasteiger partial charge on any atom is -0.368 e. The van der Waals surface area contributed by atoms with E-state index >= 15 is 0 Å². The third-order valence-corrected chi connectivity index (χ3v) is 4.54. The highest BCUT2D eigenvalue weighted by Crippen LogP contribution is 2.20. The van der Waals surface area contributed by atoms with Crippen LogP contribution in [0.5, 0.6) is 0 Å². The van der Waals surface area contributed by atoms with Crippen molar-refractivity contribution < 1.29 is 9.59 Å². The van der Waals surface area contributed by atoms with Crippen molar-refractivity contribution in [3.05, 3.63) is 35.9 Å². The molecule has 1 aromatic rings. The maximum atomic E-state index is 12.5. The summed E-state index contributed by atoms with van der Waals surface area (Å²) in [5, 5.41) is 0. The number of primary amides is 1. The SMILES string of the molecule is C[C@H](c1ccccc1)N(C)C(=O)CN1CCCC[C@H]1C(N)=O. The normalized spacial score (nSPS) is 20.4. The van der Waals surface area contributed by atoms with Crippen molar-refractivity contribution in [1.29, 1.82) is 0 Å². The van der Waals surface area contributed by atoms with Gasteiger partial charge in [-0.15, -0.1) is 0 Å². The monoisotopic (exact) mass is 303 g/mol. The predicted octanol–water partition coefficient (Wildman–Crippen LogP) is 1.55. The first-order chi connectivity index (χ1) is 10.5. The third kappa shape index (κ3) is 3.85. The van der Waals surface area contributed by atoms with E-state index in [1.165, 1.54) is 0 Å². The average molecular weight is 303 g/mol. The Balaban J connectivity index is 2.00. The Morgan fingerprint density at radius 1 is 1.32 bits per heavy atom. The van der Waals surface area contributed by atoms with Gasteiger partial charge < -0.3 is 10.6 Å². The van der Waals surface area contributed by atoms with E-state index in [-0.39, 0.29) is 30.4 Å². The fourth-order valence-electron chi connectivity index (χ4n) is 2.96. The van der Waals surface area contributed by atoms with Crippen LogP contribution >= 0.6 is 0 Å². The van der Waals surface area contributed by atoms with Crippen molar-refractivity contribution in [2.45, 2.75) is 38.3 Å². The standard InChI is InChI=1S/C17H25N3O2/c1-13(14-8-4-3-5-9-14)19(2)16(21)12-20-11-7-6-10-15(20)17(18)22/h3-5,8-9,13,15H,6-7,10-12H2,1-2H3,(H2,18,22)/t13-,15+/m1/s1. The highest BCUT2D eigenvalue weighted by atomic mass is 16.2. The van der Waals surface area contributed by atoms with Gasteiger partial charge in [0.15, 0.2) is 0 Å². The zero-order valence-electron chi connectivity index (χ0n) is 13.4. The number of piperidine rings is 1. The highest BCUT2D eigenvalue weighted by molar-refractivity contribution is 5.82. The number of likely N-dealkylation sites (tertiary alicyclic amines) is 1. The molecule has 5 nitrogen and oxygen atoms in total. The lowest BCUT2D eigenvalue weighted by Gasteiger charge is -2.35. The number of amides is 2. The Bertz CT molecular complexity index is 518. The number of likely N-dealkylation sites (N-methyl/N-ethyl adjacent to an activating group) is 1. The summed E-state index contributed by atoms with van der Waals surface area (Å²) in [7, 11) is 1.81. The molecular formula is C17H25N3O2. The molecule has 1 saturated heterocycles. The summed E-state index contributed by atoms with van der Waals surface area (Å²) >= 11 is 0. The van der Waals surface area contributed by atoms with Crippen LogP contribution in [0, 0.1) is 0 Å². The smallest absolute Gasteiger partial charge is 0.237 e. The molecule has 1 aliphatic rings. The van der Waals surface area contributed by atoms with Gasteiger partial charge in [-0.2, -0.15) is 0 Å². The van der Waals surface area contributed by atoms with Gasteiger partial charge in [-0.25, -0.2) is 0 Å². The first kappa shape index (κ1) is 16.5. The topological polar surface area (TPSA) is 66.6 Å². The summed E-state index contributed by atoms with van der Waals surface area (Å²) in [6.07, 6.45) is 2.75. The second kappa shape index (κ2) is 7.40. The Morgan fingerprint density at radius 3 is 2.64 bits per heavy atom. The third-order valence-electron chi connectivity index (χ3n) is 4.54. The summed E-state index contributed by atoms with van der Waals surface area (Å²) in [4.78, 5) is 27.7. The molecule has 2 atom stereocenters. The van der Waals surface area contributed by atoms with E-state index in [0.717, 1.165) is 31.4 Å². The maximum absolute atomic E-state index is 12.5. The molecule has 120 valence electrons. The molecule has 5 heteroatoms. The van der Waals surface area contributed by atoms with Gasteiger partial charge in [-0.3, -0.25) is 14.5 Å². The van der Waals surface area contributed by atoms with Gasteiger partial charge >= 0.3 is 0 Å². The van der Waals surface area contributed by atoms with E-state index in [1.54, 1.807) is 4.90 Å². The number of nitrogens with zero attached hydrogens (tertiary/aromatic N) is 2. The molecule has 0 aromatic heterocycles. The summed E-state index contributed by atoms with van der Waals surface area (Å²) in [6, 6.07) is 9.63. The molecule has 2 N–H and O–H groups in total. The Morgan fingerprint density at radius 2 is 2.00 bits per heavy atom. The molecular weight excluding hydrogens is 278 g/mol. The predicted molar refractivity (Wildman–Crippen MR) is 86.0 cm³/mol. The van der Waals surface area contributed by atoms with Crippen LogP contribution in [-0.4, -0.2) is 47.8 Å². The van der Waals surface area contributed by atoms with Crippen LogP contribution in [-0.2, 0) is 9.59 Å². The molecule has 0 saturated carbocycles. The Kier molecular flexibility index (Phi) is 5.55. The molecule has 2 amide bonds. The molecule has 0 spiro atoms. The Labute approximate surface area is 132 Å². The number of benzene rings is 1. The summed E-state index contributed by atoms with van der Waals surface area (Å²) in [5.74, 6) is -0.309. The second-order valence-electron chi connectivity index (χ2n) is 5.98. The van der Waals surface area contributed by atoms with Crippen molar-refractivity contribution in [3.8, 4) is 0 Å². The zero-order valence-corrected chi connectivity index (χ0v) is 13.4. The lowest BCUT2D eigenvalue weighted by Crippen LogP contribution is -2.51. The van der Waals surface area contributed by atoms with Gasteiger partial charge in [-0.1, -0.05) is 36.8 Å². The molecule has 0 bridgehead atoms. The molecule has 1 aliphatic heterocycles.